The van der Waals surface area contributed by atoms with Gasteiger partial charge in [-0.2, -0.15) is 0 Å². The van der Waals surface area contributed by atoms with Gasteiger partial charge in [-0.15, -0.1) is 0 Å². The Hall–Kier alpha value is -1.04. The van der Waals surface area contributed by atoms with Gasteiger partial charge in [-0.05, 0) is 34.7 Å². The topological polar surface area (TPSA) is 37.9 Å². The van der Waals surface area contributed by atoms with E-state index < -0.39 is 0 Å². The number of imidazole rings is 1. The van der Waals surface area contributed by atoms with Gasteiger partial charge in [0.15, 0.2) is 0 Å². The van der Waals surface area contributed by atoms with E-state index in [9.17, 15) is 0 Å². The SMILES string of the molecule is Ic1ccccc1OCc1ncc[nH]1. The largest absolute Gasteiger partial charge is 0.485 e. The summed E-state index contributed by atoms with van der Waals surface area (Å²) in [6, 6.07) is 7.91. The highest BCUT2D eigenvalue weighted by atomic mass is 127. The zero-order chi connectivity index (χ0) is 9.80. The molecule has 0 atom stereocenters. The number of hydrogen-bond acceptors (Lipinski definition) is 2. The third-order valence-electron chi connectivity index (χ3n) is 1.76. The molecule has 0 bridgehead atoms. The number of aromatic nitrogens is 2. The molecule has 1 heterocycles. The molecular weight excluding hydrogens is 291 g/mol. The first-order chi connectivity index (χ1) is 6.86. The highest BCUT2D eigenvalue weighted by Crippen LogP contribution is 2.20. The van der Waals surface area contributed by atoms with E-state index in [-0.39, 0.29) is 0 Å². The molecule has 0 aliphatic carbocycles. The summed E-state index contributed by atoms with van der Waals surface area (Å²) in [4.78, 5) is 7.07. The Morgan fingerprint density at radius 1 is 1.36 bits per heavy atom. The van der Waals surface area contributed by atoms with Crippen LogP contribution in [-0.2, 0) is 6.61 Å². The van der Waals surface area contributed by atoms with Crippen molar-refractivity contribution in [1.29, 1.82) is 0 Å². The zero-order valence-corrected chi connectivity index (χ0v) is 9.56. The predicted molar refractivity (Wildman–Crippen MR) is 62.1 cm³/mol. The van der Waals surface area contributed by atoms with E-state index in [1.807, 2.05) is 24.3 Å². The van der Waals surface area contributed by atoms with Crippen molar-refractivity contribution in [3.63, 3.8) is 0 Å². The molecule has 2 rings (SSSR count). The fraction of sp³-hybridized carbons (Fsp3) is 0.100. The normalized spacial score (nSPS) is 10.1. The summed E-state index contributed by atoms with van der Waals surface area (Å²) in [6.45, 7) is 0.479. The number of H-pyrrole nitrogens is 1. The van der Waals surface area contributed by atoms with Crippen LogP contribution >= 0.6 is 22.6 Å². The molecule has 0 fully saturated rings. The van der Waals surface area contributed by atoms with Crippen molar-refractivity contribution >= 4 is 22.6 Å². The second-order valence-electron chi connectivity index (χ2n) is 2.75. The van der Waals surface area contributed by atoms with Crippen LogP contribution in [0.3, 0.4) is 0 Å². The number of halogens is 1. The van der Waals surface area contributed by atoms with Crippen molar-refractivity contribution in [2.24, 2.45) is 0 Å². The summed E-state index contributed by atoms with van der Waals surface area (Å²) in [7, 11) is 0. The summed E-state index contributed by atoms with van der Waals surface area (Å²) in [5, 5.41) is 0. The summed E-state index contributed by atoms with van der Waals surface area (Å²) >= 11 is 2.25. The molecule has 1 aromatic heterocycles. The lowest BCUT2D eigenvalue weighted by Crippen LogP contribution is -1.98. The Bertz CT molecular complexity index is 400. The van der Waals surface area contributed by atoms with Gasteiger partial charge in [0.1, 0.15) is 18.2 Å². The highest BCUT2D eigenvalue weighted by molar-refractivity contribution is 14.1. The lowest BCUT2D eigenvalue weighted by atomic mass is 10.3. The average molecular weight is 300 g/mol. The van der Waals surface area contributed by atoms with Gasteiger partial charge in [-0.25, -0.2) is 4.98 Å². The molecule has 4 heteroatoms. The van der Waals surface area contributed by atoms with Gasteiger partial charge in [-0.1, -0.05) is 12.1 Å². The molecule has 0 aliphatic rings. The van der Waals surface area contributed by atoms with Crippen molar-refractivity contribution in [2.45, 2.75) is 6.61 Å². The van der Waals surface area contributed by atoms with Crippen LogP contribution in [0.4, 0.5) is 0 Å². The third kappa shape index (κ3) is 2.25. The Morgan fingerprint density at radius 2 is 2.21 bits per heavy atom. The number of nitrogens with one attached hydrogen (secondary N) is 1. The molecule has 2 aromatic rings. The number of nitrogens with zero attached hydrogens (tertiary/aromatic N) is 1. The Morgan fingerprint density at radius 3 is 2.93 bits per heavy atom. The van der Waals surface area contributed by atoms with E-state index in [0.717, 1.165) is 15.1 Å². The number of ether oxygens (including phenoxy) is 1. The van der Waals surface area contributed by atoms with Crippen molar-refractivity contribution in [3.05, 3.63) is 46.1 Å². The molecular formula is C10H9IN2O. The summed E-state index contributed by atoms with van der Waals surface area (Å²) in [5.74, 6) is 1.73. The summed E-state index contributed by atoms with van der Waals surface area (Å²) < 4.78 is 6.69. The standard InChI is InChI=1S/C10H9IN2O/c11-8-3-1-2-4-9(8)14-7-10-12-5-6-13-10/h1-6H,7H2,(H,12,13). The first kappa shape index (κ1) is 9.51. The number of hydrogen-bond donors (Lipinski definition) is 1. The summed E-state index contributed by atoms with van der Waals surface area (Å²) in [6.07, 6.45) is 3.50. The molecule has 1 aromatic carbocycles. The van der Waals surface area contributed by atoms with Crippen LogP contribution in [0.5, 0.6) is 5.75 Å². The fourth-order valence-corrected chi connectivity index (χ4v) is 1.63. The van der Waals surface area contributed by atoms with E-state index >= 15 is 0 Å². The molecule has 14 heavy (non-hydrogen) atoms. The Kier molecular flexibility index (Phi) is 3.03. The van der Waals surface area contributed by atoms with Crippen molar-refractivity contribution in [3.8, 4) is 5.75 Å². The third-order valence-corrected chi connectivity index (χ3v) is 2.65. The zero-order valence-electron chi connectivity index (χ0n) is 7.40. The smallest absolute Gasteiger partial charge is 0.146 e. The van der Waals surface area contributed by atoms with Crippen LogP contribution in [0.15, 0.2) is 36.7 Å². The number of benzene rings is 1. The van der Waals surface area contributed by atoms with Gasteiger partial charge in [0, 0.05) is 12.4 Å². The fourth-order valence-electron chi connectivity index (χ4n) is 1.08. The maximum Gasteiger partial charge on any atom is 0.146 e. The number of para-hydroxylation sites is 1. The van der Waals surface area contributed by atoms with Crippen LogP contribution in [0, 0.1) is 3.57 Å². The minimum atomic E-state index is 0.479. The van der Waals surface area contributed by atoms with E-state index in [4.69, 9.17) is 4.74 Å². The Labute approximate surface area is 95.7 Å². The minimum Gasteiger partial charge on any atom is -0.485 e. The second-order valence-corrected chi connectivity index (χ2v) is 3.92. The monoisotopic (exact) mass is 300 g/mol. The molecule has 0 aliphatic heterocycles. The molecule has 0 saturated carbocycles. The van der Waals surface area contributed by atoms with Crippen LogP contribution < -0.4 is 4.74 Å². The van der Waals surface area contributed by atoms with E-state index in [2.05, 4.69) is 32.6 Å². The van der Waals surface area contributed by atoms with Gasteiger partial charge in [0.05, 0.1) is 3.57 Å². The number of rotatable bonds is 3. The molecule has 0 spiro atoms. The first-order valence-electron chi connectivity index (χ1n) is 4.22. The molecule has 72 valence electrons. The van der Waals surface area contributed by atoms with Gasteiger partial charge in [0.25, 0.3) is 0 Å². The van der Waals surface area contributed by atoms with E-state index in [0.29, 0.717) is 6.61 Å². The van der Waals surface area contributed by atoms with Crippen molar-refractivity contribution in [1.82, 2.24) is 9.97 Å². The summed E-state index contributed by atoms with van der Waals surface area (Å²) in [5.41, 5.74) is 0. The lowest BCUT2D eigenvalue weighted by Gasteiger charge is -2.05. The van der Waals surface area contributed by atoms with Gasteiger partial charge < -0.3 is 9.72 Å². The maximum atomic E-state index is 5.58. The molecule has 0 radical (unpaired) electrons. The maximum absolute atomic E-state index is 5.58. The van der Waals surface area contributed by atoms with Gasteiger partial charge in [0.2, 0.25) is 0 Å². The van der Waals surface area contributed by atoms with Crippen LogP contribution in [0.25, 0.3) is 0 Å². The Balaban J connectivity index is 2.02. The van der Waals surface area contributed by atoms with Gasteiger partial charge in [-0.3, -0.25) is 0 Å². The van der Waals surface area contributed by atoms with E-state index in [1.54, 1.807) is 12.4 Å². The highest BCUT2D eigenvalue weighted by Gasteiger charge is 2.00. The molecule has 1 N–H and O–H groups in total. The van der Waals surface area contributed by atoms with Crippen LogP contribution in [0.1, 0.15) is 5.82 Å². The van der Waals surface area contributed by atoms with Crippen molar-refractivity contribution < 1.29 is 4.74 Å². The molecule has 0 saturated heterocycles. The van der Waals surface area contributed by atoms with Crippen LogP contribution in [-0.4, -0.2) is 9.97 Å². The first-order valence-corrected chi connectivity index (χ1v) is 5.30. The quantitative estimate of drug-likeness (QED) is 0.885. The van der Waals surface area contributed by atoms with Crippen molar-refractivity contribution in [2.75, 3.05) is 0 Å². The molecule has 0 amide bonds. The average Bonchev–Trinajstić information content (AvgIpc) is 2.69. The number of aromatic amines is 1. The lowest BCUT2D eigenvalue weighted by molar-refractivity contribution is 0.295. The second kappa shape index (κ2) is 4.45. The van der Waals surface area contributed by atoms with Crippen LogP contribution in [0.2, 0.25) is 0 Å². The van der Waals surface area contributed by atoms with Gasteiger partial charge >= 0.3 is 0 Å². The molecule has 3 nitrogen and oxygen atoms in total. The minimum absolute atomic E-state index is 0.479. The predicted octanol–water partition coefficient (Wildman–Crippen LogP) is 2.59. The van der Waals surface area contributed by atoms with E-state index in [1.165, 1.54) is 0 Å². The molecule has 0 unspecified atom stereocenters.